The van der Waals surface area contributed by atoms with Crippen LogP contribution >= 0.6 is 0 Å². The van der Waals surface area contributed by atoms with Gasteiger partial charge in [-0.15, -0.1) is 0 Å². The van der Waals surface area contributed by atoms with Crippen LogP contribution in [0.5, 0.6) is 0 Å². The number of hydrogen-bond donors (Lipinski definition) is 1. The molecule has 4 rings (SSSR count). The number of carbonyl (C=O) groups excluding carboxylic acids is 1. The molecule has 1 N–H and O–H groups in total. The summed E-state index contributed by atoms with van der Waals surface area (Å²) in [6, 6.07) is 12.3. The first-order valence-corrected chi connectivity index (χ1v) is 10.4. The molecule has 1 saturated carbocycles. The van der Waals surface area contributed by atoms with Crippen LogP contribution in [0, 0.1) is 0 Å². The van der Waals surface area contributed by atoms with E-state index in [0.29, 0.717) is 12.5 Å². The number of pyridine rings is 1. The van der Waals surface area contributed by atoms with E-state index in [0.717, 1.165) is 30.0 Å². The average Bonchev–Trinajstić information content (AvgIpc) is 3.28. The number of aromatic nitrogens is 1. The Balaban J connectivity index is 1.30. The predicted octanol–water partition coefficient (Wildman–Crippen LogP) is 4.66. The first-order chi connectivity index (χ1) is 13.3. The fourth-order valence-electron chi connectivity index (χ4n) is 4.28. The van der Waals surface area contributed by atoms with E-state index < -0.39 is 0 Å². The number of anilines is 1. The number of nitrogens with one attached hydrogen (secondary N) is 1. The van der Waals surface area contributed by atoms with Crippen LogP contribution in [0.25, 0.3) is 0 Å². The Hall–Kier alpha value is -2.36. The number of benzene rings is 1. The number of amides is 1. The van der Waals surface area contributed by atoms with Crippen molar-refractivity contribution in [2.75, 3.05) is 18.0 Å². The summed E-state index contributed by atoms with van der Waals surface area (Å²) in [5.74, 6) is 1.70. The van der Waals surface area contributed by atoms with Crippen molar-refractivity contribution >= 4 is 11.7 Å². The van der Waals surface area contributed by atoms with Crippen LogP contribution in [0.1, 0.15) is 72.3 Å². The maximum Gasteiger partial charge on any atom is 0.251 e. The van der Waals surface area contributed by atoms with E-state index in [1.165, 1.54) is 50.5 Å². The van der Waals surface area contributed by atoms with Crippen molar-refractivity contribution in [3.8, 4) is 0 Å². The molecule has 0 atom stereocenters. The molecule has 0 spiro atoms. The van der Waals surface area contributed by atoms with Crippen molar-refractivity contribution in [3.05, 3.63) is 59.3 Å². The van der Waals surface area contributed by atoms with Crippen molar-refractivity contribution in [1.82, 2.24) is 10.3 Å². The van der Waals surface area contributed by atoms with Gasteiger partial charge in [0.05, 0.1) is 0 Å². The van der Waals surface area contributed by atoms with E-state index in [1.54, 1.807) is 0 Å². The molecule has 0 bridgehead atoms. The lowest BCUT2D eigenvalue weighted by molar-refractivity contribution is 0.0951. The summed E-state index contributed by atoms with van der Waals surface area (Å²) < 4.78 is 0. The highest BCUT2D eigenvalue weighted by atomic mass is 16.1. The maximum atomic E-state index is 12.4. The van der Waals surface area contributed by atoms with Gasteiger partial charge in [0.1, 0.15) is 5.82 Å². The van der Waals surface area contributed by atoms with Crippen LogP contribution in [-0.2, 0) is 6.54 Å². The van der Waals surface area contributed by atoms with E-state index in [1.807, 2.05) is 18.3 Å². The van der Waals surface area contributed by atoms with Gasteiger partial charge < -0.3 is 10.2 Å². The number of hydrogen-bond acceptors (Lipinski definition) is 3. The van der Waals surface area contributed by atoms with E-state index in [2.05, 4.69) is 39.5 Å². The van der Waals surface area contributed by atoms with Crippen molar-refractivity contribution in [3.63, 3.8) is 0 Å². The SMILES string of the molecule is O=C(NCc1ccc(N2CCCC2)nc1)c1ccc(C2CCCCC2)cc1. The van der Waals surface area contributed by atoms with Crippen molar-refractivity contribution in [1.29, 1.82) is 0 Å². The molecule has 0 radical (unpaired) electrons. The maximum absolute atomic E-state index is 12.4. The summed E-state index contributed by atoms with van der Waals surface area (Å²) in [5, 5.41) is 3.01. The minimum absolute atomic E-state index is 0.0196. The molecule has 1 aromatic heterocycles. The highest BCUT2D eigenvalue weighted by Gasteiger charge is 2.16. The Morgan fingerprint density at radius 1 is 0.963 bits per heavy atom. The third-order valence-corrected chi connectivity index (χ3v) is 5.94. The zero-order valence-corrected chi connectivity index (χ0v) is 16.0. The Labute approximate surface area is 162 Å². The molecule has 1 amide bonds. The van der Waals surface area contributed by atoms with Gasteiger partial charge in [-0.1, -0.05) is 37.5 Å². The summed E-state index contributed by atoms with van der Waals surface area (Å²) in [6.07, 6.45) is 11.0. The van der Waals surface area contributed by atoms with E-state index >= 15 is 0 Å². The van der Waals surface area contributed by atoms with Crippen molar-refractivity contribution in [2.45, 2.75) is 57.4 Å². The molecule has 2 aromatic rings. The molecule has 1 aliphatic heterocycles. The lowest BCUT2D eigenvalue weighted by atomic mass is 9.84. The number of carbonyl (C=O) groups is 1. The van der Waals surface area contributed by atoms with Gasteiger partial charge in [-0.2, -0.15) is 0 Å². The van der Waals surface area contributed by atoms with E-state index in [4.69, 9.17) is 0 Å². The summed E-state index contributed by atoms with van der Waals surface area (Å²) >= 11 is 0. The second-order valence-electron chi connectivity index (χ2n) is 7.86. The molecule has 1 aromatic carbocycles. The molecular formula is C23H29N3O. The van der Waals surface area contributed by atoms with Gasteiger partial charge in [0.2, 0.25) is 0 Å². The molecule has 2 heterocycles. The zero-order chi connectivity index (χ0) is 18.5. The zero-order valence-electron chi connectivity index (χ0n) is 16.0. The lowest BCUT2D eigenvalue weighted by Crippen LogP contribution is -2.23. The van der Waals surface area contributed by atoms with Gasteiger partial charge in [-0.05, 0) is 60.9 Å². The minimum atomic E-state index is -0.0196. The molecule has 4 nitrogen and oxygen atoms in total. The van der Waals surface area contributed by atoms with Gasteiger partial charge in [0.15, 0.2) is 0 Å². The van der Waals surface area contributed by atoms with Gasteiger partial charge in [0, 0.05) is 31.4 Å². The molecule has 2 aliphatic rings. The fourth-order valence-corrected chi connectivity index (χ4v) is 4.28. The Morgan fingerprint density at radius 2 is 1.70 bits per heavy atom. The van der Waals surface area contributed by atoms with Crippen LogP contribution in [-0.4, -0.2) is 24.0 Å². The van der Waals surface area contributed by atoms with Gasteiger partial charge >= 0.3 is 0 Å². The van der Waals surface area contributed by atoms with E-state index in [9.17, 15) is 4.79 Å². The first-order valence-electron chi connectivity index (χ1n) is 10.4. The third kappa shape index (κ3) is 4.49. The van der Waals surface area contributed by atoms with Gasteiger partial charge in [-0.3, -0.25) is 4.79 Å². The van der Waals surface area contributed by atoms with Crippen molar-refractivity contribution < 1.29 is 4.79 Å². The summed E-state index contributed by atoms with van der Waals surface area (Å²) in [6.45, 7) is 2.70. The van der Waals surface area contributed by atoms with Gasteiger partial charge in [0.25, 0.3) is 5.91 Å². The smallest absolute Gasteiger partial charge is 0.251 e. The molecule has 0 unspecified atom stereocenters. The van der Waals surface area contributed by atoms with Crippen LogP contribution < -0.4 is 10.2 Å². The summed E-state index contributed by atoms with van der Waals surface area (Å²) in [4.78, 5) is 19.3. The summed E-state index contributed by atoms with van der Waals surface area (Å²) in [5.41, 5.74) is 3.15. The number of nitrogens with zero attached hydrogens (tertiary/aromatic N) is 2. The molecule has 142 valence electrons. The van der Waals surface area contributed by atoms with Crippen molar-refractivity contribution in [2.24, 2.45) is 0 Å². The highest BCUT2D eigenvalue weighted by Crippen LogP contribution is 2.32. The van der Waals surface area contributed by atoms with Crippen LogP contribution in [0.3, 0.4) is 0 Å². The lowest BCUT2D eigenvalue weighted by Gasteiger charge is -2.22. The second kappa shape index (κ2) is 8.55. The molecule has 1 aliphatic carbocycles. The topological polar surface area (TPSA) is 45.2 Å². The fraction of sp³-hybridized carbons (Fsp3) is 0.478. The second-order valence-corrected chi connectivity index (χ2v) is 7.86. The molecular weight excluding hydrogens is 334 g/mol. The standard InChI is InChI=1S/C23H29N3O/c27-23(21-11-9-20(10-12-21)19-6-2-1-3-7-19)25-17-18-8-13-22(24-16-18)26-14-4-5-15-26/h8-13,16,19H,1-7,14-15,17H2,(H,25,27). The monoisotopic (exact) mass is 363 g/mol. The largest absolute Gasteiger partial charge is 0.357 e. The van der Waals surface area contributed by atoms with Gasteiger partial charge in [-0.25, -0.2) is 4.98 Å². The Kier molecular flexibility index (Phi) is 5.71. The normalized spacial score (nSPS) is 17.9. The highest BCUT2D eigenvalue weighted by molar-refractivity contribution is 5.94. The average molecular weight is 364 g/mol. The predicted molar refractivity (Wildman–Crippen MR) is 109 cm³/mol. The molecule has 27 heavy (non-hydrogen) atoms. The minimum Gasteiger partial charge on any atom is -0.357 e. The van der Waals surface area contributed by atoms with Crippen LogP contribution in [0.2, 0.25) is 0 Å². The molecule has 2 fully saturated rings. The Bertz CT molecular complexity index is 742. The first kappa shape index (κ1) is 18.0. The quantitative estimate of drug-likeness (QED) is 0.840. The van der Waals surface area contributed by atoms with Crippen LogP contribution in [0.15, 0.2) is 42.6 Å². The summed E-state index contributed by atoms with van der Waals surface area (Å²) in [7, 11) is 0. The Morgan fingerprint density at radius 3 is 2.37 bits per heavy atom. The molecule has 4 heteroatoms. The molecule has 1 saturated heterocycles. The third-order valence-electron chi connectivity index (χ3n) is 5.94. The number of rotatable bonds is 5. The van der Waals surface area contributed by atoms with Crippen LogP contribution in [0.4, 0.5) is 5.82 Å². The van der Waals surface area contributed by atoms with E-state index in [-0.39, 0.29) is 5.91 Å².